The minimum Gasteiger partial charge on any atom is -0.497 e. The van der Waals surface area contributed by atoms with Crippen LogP contribution in [-0.2, 0) is 16.0 Å². The predicted octanol–water partition coefficient (Wildman–Crippen LogP) is 3.72. The molecule has 36 heavy (non-hydrogen) atoms. The molecule has 2 heterocycles. The Morgan fingerprint density at radius 2 is 1.69 bits per heavy atom. The van der Waals surface area contributed by atoms with Crippen LogP contribution in [0.5, 0.6) is 5.75 Å². The van der Waals surface area contributed by atoms with Gasteiger partial charge in [0.25, 0.3) is 0 Å². The van der Waals surface area contributed by atoms with Gasteiger partial charge in [-0.15, -0.1) is 0 Å². The van der Waals surface area contributed by atoms with Crippen LogP contribution >= 0.6 is 0 Å². The Morgan fingerprint density at radius 3 is 2.42 bits per heavy atom. The van der Waals surface area contributed by atoms with E-state index < -0.39 is 0 Å². The van der Waals surface area contributed by atoms with Crippen molar-refractivity contribution in [2.75, 3.05) is 52.9 Å². The van der Waals surface area contributed by atoms with E-state index in [1.807, 2.05) is 35.2 Å². The molecule has 2 aliphatic heterocycles. The molecule has 1 spiro atoms. The molecule has 0 radical (unpaired) electrons. The molecule has 0 N–H and O–H groups in total. The molecule has 2 saturated heterocycles. The van der Waals surface area contributed by atoms with Gasteiger partial charge in [-0.2, -0.15) is 0 Å². The van der Waals surface area contributed by atoms with Crippen LogP contribution in [0.3, 0.4) is 0 Å². The smallest absolute Gasteiger partial charge is 0.226 e. The first-order chi connectivity index (χ1) is 17.6. The zero-order valence-corrected chi connectivity index (χ0v) is 21.3. The highest BCUT2D eigenvalue weighted by Crippen LogP contribution is 2.60. The van der Waals surface area contributed by atoms with Crippen LogP contribution in [-0.4, -0.2) is 79.4 Å². The van der Waals surface area contributed by atoms with Gasteiger partial charge < -0.3 is 14.5 Å². The molecule has 1 aliphatic carbocycles. The topological polar surface area (TPSA) is 53.1 Å². The van der Waals surface area contributed by atoms with Crippen LogP contribution in [0.1, 0.15) is 30.4 Å². The van der Waals surface area contributed by atoms with Gasteiger partial charge in [0.15, 0.2) is 0 Å². The summed E-state index contributed by atoms with van der Waals surface area (Å²) in [5.74, 6) is 1.43. The fourth-order valence-electron chi connectivity index (χ4n) is 5.79. The summed E-state index contributed by atoms with van der Waals surface area (Å²) in [6.07, 6.45) is 7.65. The van der Waals surface area contributed by atoms with Crippen molar-refractivity contribution in [1.82, 2.24) is 14.7 Å². The van der Waals surface area contributed by atoms with Crippen molar-refractivity contribution < 1.29 is 14.3 Å². The van der Waals surface area contributed by atoms with Gasteiger partial charge >= 0.3 is 0 Å². The van der Waals surface area contributed by atoms with Gasteiger partial charge in [-0.05, 0) is 47.9 Å². The van der Waals surface area contributed by atoms with E-state index in [2.05, 4.69) is 46.2 Å². The summed E-state index contributed by atoms with van der Waals surface area (Å²) in [5.41, 5.74) is 2.33. The summed E-state index contributed by atoms with van der Waals surface area (Å²) in [4.78, 5) is 32.6. The molecule has 1 atom stereocenters. The molecule has 5 rings (SSSR count). The summed E-state index contributed by atoms with van der Waals surface area (Å²) in [7, 11) is 1.64. The first-order valence-corrected chi connectivity index (χ1v) is 13.2. The van der Waals surface area contributed by atoms with Crippen molar-refractivity contribution >= 4 is 17.9 Å². The van der Waals surface area contributed by atoms with Gasteiger partial charge in [-0.25, -0.2) is 0 Å². The molecular formula is C30H37N3O3. The molecule has 3 fully saturated rings. The summed E-state index contributed by atoms with van der Waals surface area (Å²) in [6, 6.07) is 18.1. The monoisotopic (exact) mass is 487 g/mol. The van der Waals surface area contributed by atoms with Crippen LogP contribution in [0.25, 0.3) is 6.08 Å². The number of amides is 2. The van der Waals surface area contributed by atoms with Crippen molar-refractivity contribution in [3.63, 3.8) is 0 Å². The minimum absolute atomic E-state index is 0.124. The van der Waals surface area contributed by atoms with E-state index in [0.717, 1.165) is 76.4 Å². The Bertz CT molecular complexity index is 1080. The standard InChI is InChI=1S/C30H37N3O3/c1-36-26-11-5-9-25(21-26)22-28(34)32-15-12-30(13-16-32)23-27(30)29(35)33-19-17-31(18-20-33)14-6-10-24-7-3-2-4-8-24/h2-11,21,27H,12-20,22-23H2,1H3/b10-6+/t27-/m0/s1. The summed E-state index contributed by atoms with van der Waals surface area (Å²) >= 11 is 0. The fraction of sp³-hybridized carbons (Fsp3) is 0.467. The largest absolute Gasteiger partial charge is 0.497 e. The SMILES string of the molecule is COc1cccc(CC(=O)N2CCC3(CC2)C[C@H]3C(=O)N2CCN(C/C=C/c3ccccc3)CC2)c1. The minimum atomic E-state index is 0.124. The third kappa shape index (κ3) is 5.65. The van der Waals surface area contributed by atoms with Gasteiger partial charge in [0, 0.05) is 51.7 Å². The summed E-state index contributed by atoms with van der Waals surface area (Å²) in [5, 5.41) is 0. The second-order valence-corrected chi connectivity index (χ2v) is 10.5. The number of benzene rings is 2. The number of methoxy groups -OCH3 is 1. The zero-order chi connectivity index (χ0) is 25.0. The molecular weight excluding hydrogens is 450 g/mol. The van der Waals surface area contributed by atoms with E-state index in [4.69, 9.17) is 4.74 Å². The molecule has 3 aliphatic rings. The maximum absolute atomic E-state index is 13.3. The lowest BCUT2D eigenvalue weighted by Gasteiger charge is -2.36. The van der Waals surface area contributed by atoms with E-state index in [-0.39, 0.29) is 17.2 Å². The van der Waals surface area contributed by atoms with E-state index in [9.17, 15) is 9.59 Å². The van der Waals surface area contributed by atoms with Crippen molar-refractivity contribution in [2.24, 2.45) is 11.3 Å². The normalized spacial score (nSPS) is 21.6. The number of hydrogen-bond donors (Lipinski definition) is 0. The number of ether oxygens (including phenoxy) is 1. The van der Waals surface area contributed by atoms with E-state index in [1.54, 1.807) is 7.11 Å². The Hall–Kier alpha value is -3.12. The van der Waals surface area contributed by atoms with E-state index in [1.165, 1.54) is 5.56 Å². The Balaban J connectivity index is 1.04. The molecule has 0 aromatic heterocycles. The number of rotatable bonds is 7. The quantitative estimate of drug-likeness (QED) is 0.597. The number of piperazine rings is 1. The first kappa shape index (κ1) is 24.6. The maximum atomic E-state index is 13.3. The van der Waals surface area contributed by atoms with Crippen LogP contribution in [0.2, 0.25) is 0 Å². The molecule has 2 aromatic rings. The second-order valence-electron chi connectivity index (χ2n) is 10.5. The Labute approximate surface area is 214 Å². The van der Waals surface area contributed by atoms with Gasteiger partial charge in [0.2, 0.25) is 11.8 Å². The number of piperidine rings is 1. The molecule has 0 bridgehead atoms. The highest BCUT2D eigenvalue weighted by molar-refractivity contribution is 5.83. The first-order valence-electron chi connectivity index (χ1n) is 13.2. The number of carbonyl (C=O) groups excluding carboxylic acids is 2. The van der Waals surface area contributed by atoms with Crippen molar-refractivity contribution in [1.29, 1.82) is 0 Å². The molecule has 6 nitrogen and oxygen atoms in total. The molecule has 2 amide bonds. The Kier molecular flexibility index (Phi) is 7.42. The number of carbonyl (C=O) groups is 2. The highest BCUT2D eigenvalue weighted by Gasteiger charge is 2.59. The van der Waals surface area contributed by atoms with Crippen LogP contribution in [0, 0.1) is 11.3 Å². The number of likely N-dealkylation sites (tertiary alicyclic amines) is 1. The van der Waals surface area contributed by atoms with Gasteiger partial charge in [0.05, 0.1) is 13.5 Å². The highest BCUT2D eigenvalue weighted by atomic mass is 16.5. The van der Waals surface area contributed by atoms with Gasteiger partial charge in [-0.3, -0.25) is 14.5 Å². The predicted molar refractivity (Wildman–Crippen MR) is 142 cm³/mol. The molecule has 2 aromatic carbocycles. The van der Waals surface area contributed by atoms with Crippen molar-refractivity contribution in [3.8, 4) is 5.75 Å². The lowest BCUT2D eigenvalue weighted by atomic mass is 9.90. The Morgan fingerprint density at radius 1 is 0.944 bits per heavy atom. The lowest BCUT2D eigenvalue weighted by Crippen LogP contribution is -2.49. The zero-order valence-electron chi connectivity index (χ0n) is 21.3. The third-order valence-corrected chi connectivity index (χ3v) is 8.25. The van der Waals surface area contributed by atoms with Crippen molar-refractivity contribution in [3.05, 3.63) is 71.8 Å². The fourth-order valence-corrected chi connectivity index (χ4v) is 5.79. The summed E-state index contributed by atoms with van der Waals surface area (Å²) < 4.78 is 5.27. The van der Waals surface area contributed by atoms with Gasteiger partial charge in [0.1, 0.15) is 5.75 Å². The van der Waals surface area contributed by atoms with Crippen LogP contribution in [0.4, 0.5) is 0 Å². The second kappa shape index (κ2) is 10.9. The average Bonchev–Trinajstić information content (AvgIpc) is 3.62. The van der Waals surface area contributed by atoms with Crippen LogP contribution < -0.4 is 4.74 Å². The molecule has 0 unspecified atom stereocenters. The maximum Gasteiger partial charge on any atom is 0.226 e. The molecule has 190 valence electrons. The van der Waals surface area contributed by atoms with E-state index in [0.29, 0.717) is 12.3 Å². The summed E-state index contributed by atoms with van der Waals surface area (Å²) in [6.45, 7) is 5.92. The molecule has 1 saturated carbocycles. The third-order valence-electron chi connectivity index (χ3n) is 8.25. The van der Waals surface area contributed by atoms with Crippen molar-refractivity contribution in [2.45, 2.75) is 25.7 Å². The number of hydrogen-bond acceptors (Lipinski definition) is 4. The van der Waals surface area contributed by atoms with E-state index >= 15 is 0 Å². The lowest BCUT2D eigenvalue weighted by molar-refractivity contribution is -0.135. The number of nitrogens with zero attached hydrogens (tertiary/aromatic N) is 3. The van der Waals surface area contributed by atoms with Gasteiger partial charge in [-0.1, -0.05) is 54.6 Å². The molecule has 6 heteroatoms. The average molecular weight is 488 g/mol. The van der Waals surface area contributed by atoms with Crippen LogP contribution in [0.15, 0.2) is 60.7 Å².